The van der Waals surface area contributed by atoms with Crippen molar-refractivity contribution in [3.63, 3.8) is 0 Å². The van der Waals surface area contributed by atoms with E-state index in [1.807, 2.05) is 0 Å². The van der Waals surface area contributed by atoms with Gasteiger partial charge in [0.2, 0.25) is 0 Å². The standard InChI is InChI=1S/C14H9F3N4S/c15-14(16,17)8-3-1-2-4-10(8)21-11-7(6-19-21)5-9-12(11)22-13(18)20-9/h1-4,6H,5H2,(H2,18,20). The zero-order valence-corrected chi connectivity index (χ0v) is 11.9. The molecule has 2 heterocycles. The smallest absolute Gasteiger partial charge is 0.375 e. The highest BCUT2D eigenvalue weighted by Crippen LogP contribution is 2.43. The molecule has 2 aromatic heterocycles. The molecule has 0 radical (unpaired) electrons. The Morgan fingerprint density at radius 1 is 1.23 bits per heavy atom. The van der Waals surface area contributed by atoms with Gasteiger partial charge in [0.25, 0.3) is 0 Å². The predicted octanol–water partition coefficient (Wildman–Crippen LogP) is 3.50. The van der Waals surface area contributed by atoms with Gasteiger partial charge in [0, 0.05) is 12.0 Å². The van der Waals surface area contributed by atoms with Crippen molar-refractivity contribution in [3.05, 3.63) is 47.3 Å². The highest BCUT2D eigenvalue weighted by atomic mass is 32.1. The van der Waals surface area contributed by atoms with Crippen LogP contribution in [-0.2, 0) is 12.6 Å². The number of fused-ring (bicyclic) bond motifs is 3. The van der Waals surface area contributed by atoms with Crippen LogP contribution in [-0.4, -0.2) is 14.8 Å². The summed E-state index contributed by atoms with van der Waals surface area (Å²) in [6, 6.07) is 5.40. The number of nitrogen functional groups attached to an aromatic ring is 1. The zero-order chi connectivity index (χ0) is 15.5. The molecule has 0 saturated carbocycles. The van der Waals surface area contributed by atoms with E-state index in [1.54, 1.807) is 12.3 Å². The van der Waals surface area contributed by atoms with Gasteiger partial charge in [-0.25, -0.2) is 9.67 Å². The fraction of sp³-hybridized carbons (Fsp3) is 0.143. The lowest BCUT2D eigenvalue weighted by Crippen LogP contribution is -2.11. The van der Waals surface area contributed by atoms with E-state index in [2.05, 4.69) is 10.1 Å². The normalized spacial score (nSPS) is 13.2. The minimum Gasteiger partial charge on any atom is -0.375 e. The molecule has 0 saturated heterocycles. The molecule has 1 aliphatic carbocycles. The van der Waals surface area contributed by atoms with E-state index in [4.69, 9.17) is 5.73 Å². The molecular formula is C14H9F3N4S. The number of nitrogens with two attached hydrogens (primary N) is 1. The summed E-state index contributed by atoms with van der Waals surface area (Å²) in [5.41, 5.74) is 7.31. The van der Waals surface area contributed by atoms with Crippen molar-refractivity contribution in [2.75, 3.05) is 5.73 Å². The van der Waals surface area contributed by atoms with Gasteiger partial charge in [-0.1, -0.05) is 23.5 Å². The Morgan fingerprint density at radius 3 is 2.77 bits per heavy atom. The summed E-state index contributed by atoms with van der Waals surface area (Å²) in [5.74, 6) is 0. The number of hydrogen-bond donors (Lipinski definition) is 1. The van der Waals surface area contributed by atoms with Gasteiger partial charge in [-0.05, 0) is 12.1 Å². The van der Waals surface area contributed by atoms with Crippen LogP contribution in [0.3, 0.4) is 0 Å². The van der Waals surface area contributed by atoms with Crippen LogP contribution < -0.4 is 5.73 Å². The van der Waals surface area contributed by atoms with Gasteiger partial charge < -0.3 is 5.73 Å². The Labute approximate surface area is 127 Å². The molecule has 0 bridgehead atoms. The molecule has 8 heteroatoms. The first-order valence-corrected chi connectivity index (χ1v) is 7.26. The van der Waals surface area contributed by atoms with Gasteiger partial charge in [0.05, 0.1) is 33.7 Å². The fourth-order valence-corrected chi connectivity index (χ4v) is 3.60. The lowest BCUT2D eigenvalue weighted by molar-refractivity contribution is -0.137. The minimum atomic E-state index is -4.44. The topological polar surface area (TPSA) is 56.7 Å². The van der Waals surface area contributed by atoms with E-state index in [9.17, 15) is 13.2 Å². The summed E-state index contributed by atoms with van der Waals surface area (Å²) < 4.78 is 41.0. The van der Waals surface area contributed by atoms with E-state index in [1.165, 1.54) is 28.2 Å². The van der Waals surface area contributed by atoms with E-state index in [0.29, 0.717) is 17.2 Å². The molecule has 0 spiro atoms. The fourth-order valence-electron chi connectivity index (χ4n) is 2.69. The van der Waals surface area contributed by atoms with E-state index in [0.717, 1.165) is 22.2 Å². The molecule has 4 nitrogen and oxygen atoms in total. The Morgan fingerprint density at radius 2 is 2.00 bits per heavy atom. The number of halogens is 3. The second-order valence-corrected chi connectivity index (χ2v) is 5.98. The predicted molar refractivity (Wildman–Crippen MR) is 76.9 cm³/mol. The van der Waals surface area contributed by atoms with Crippen molar-refractivity contribution < 1.29 is 13.2 Å². The van der Waals surface area contributed by atoms with Crippen LogP contribution in [0.25, 0.3) is 16.3 Å². The minimum absolute atomic E-state index is 0.0103. The molecule has 0 unspecified atom stereocenters. The van der Waals surface area contributed by atoms with E-state index >= 15 is 0 Å². The van der Waals surface area contributed by atoms with Crippen molar-refractivity contribution >= 4 is 16.5 Å². The number of thiazole rings is 1. The van der Waals surface area contributed by atoms with Gasteiger partial charge in [-0.15, -0.1) is 0 Å². The number of hydrogen-bond acceptors (Lipinski definition) is 4. The van der Waals surface area contributed by atoms with Crippen LogP contribution in [0.4, 0.5) is 18.3 Å². The monoisotopic (exact) mass is 322 g/mol. The molecule has 1 aromatic carbocycles. The molecule has 112 valence electrons. The average Bonchev–Trinajstić information content (AvgIpc) is 3.08. The van der Waals surface area contributed by atoms with Crippen LogP contribution in [0.2, 0.25) is 0 Å². The van der Waals surface area contributed by atoms with Crippen LogP contribution in [0.1, 0.15) is 16.8 Å². The van der Waals surface area contributed by atoms with Crippen molar-refractivity contribution in [2.45, 2.75) is 12.6 Å². The number of anilines is 1. The van der Waals surface area contributed by atoms with Crippen LogP contribution in [0.5, 0.6) is 0 Å². The Balaban J connectivity index is 1.95. The first-order valence-electron chi connectivity index (χ1n) is 6.44. The Hall–Kier alpha value is -2.35. The molecule has 0 fully saturated rings. The van der Waals surface area contributed by atoms with Gasteiger partial charge in [0.15, 0.2) is 5.13 Å². The van der Waals surface area contributed by atoms with Crippen molar-refractivity contribution in [3.8, 4) is 16.3 Å². The first kappa shape index (κ1) is 13.3. The summed E-state index contributed by atoms with van der Waals surface area (Å²) in [4.78, 5) is 5.01. The lowest BCUT2D eigenvalue weighted by Gasteiger charge is -2.14. The molecule has 0 aliphatic heterocycles. The second kappa shape index (κ2) is 4.33. The highest BCUT2D eigenvalue weighted by molar-refractivity contribution is 7.19. The van der Waals surface area contributed by atoms with Crippen LogP contribution in [0.15, 0.2) is 30.5 Å². The number of alkyl halides is 3. The van der Waals surface area contributed by atoms with Gasteiger partial charge >= 0.3 is 6.18 Å². The highest BCUT2D eigenvalue weighted by Gasteiger charge is 2.36. The number of benzene rings is 1. The van der Waals surface area contributed by atoms with E-state index < -0.39 is 11.7 Å². The van der Waals surface area contributed by atoms with Gasteiger partial charge in [0.1, 0.15) is 0 Å². The number of rotatable bonds is 1. The van der Waals surface area contributed by atoms with E-state index in [-0.39, 0.29) is 5.69 Å². The molecule has 22 heavy (non-hydrogen) atoms. The maximum atomic E-state index is 13.2. The molecule has 4 rings (SSSR count). The van der Waals surface area contributed by atoms with Gasteiger partial charge in [-0.2, -0.15) is 18.3 Å². The second-order valence-electron chi connectivity index (χ2n) is 4.95. The molecule has 1 aliphatic rings. The lowest BCUT2D eigenvalue weighted by atomic mass is 10.1. The largest absolute Gasteiger partial charge is 0.418 e. The third-order valence-corrected chi connectivity index (χ3v) is 4.50. The summed E-state index contributed by atoms with van der Waals surface area (Å²) in [7, 11) is 0. The zero-order valence-electron chi connectivity index (χ0n) is 11.1. The van der Waals surface area contributed by atoms with Crippen molar-refractivity contribution in [1.29, 1.82) is 0 Å². The molecule has 3 aromatic rings. The molecule has 0 atom stereocenters. The average molecular weight is 322 g/mol. The van der Waals surface area contributed by atoms with Crippen molar-refractivity contribution in [2.24, 2.45) is 0 Å². The quantitative estimate of drug-likeness (QED) is 0.583. The Bertz CT molecular complexity index is 879. The number of nitrogens with zero attached hydrogens (tertiary/aromatic N) is 3. The SMILES string of the molecule is Nc1nc2c(s1)-c1c(cnn1-c1ccccc1C(F)(F)F)C2. The number of para-hydroxylation sites is 1. The first-order chi connectivity index (χ1) is 10.4. The summed E-state index contributed by atoms with van der Waals surface area (Å²) in [6.07, 6.45) is -2.30. The van der Waals surface area contributed by atoms with Crippen LogP contribution >= 0.6 is 11.3 Å². The maximum absolute atomic E-state index is 13.2. The molecule has 0 amide bonds. The van der Waals surface area contributed by atoms with Crippen LogP contribution in [0, 0.1) is 0 Å². The summed E-state index contributed by atoms with van der Waals surface area (Å²) in [5, 5.41) is 4.55. The van der Waals surface area contributed by atoms with Crippen molar-refractivity contribution in [1.82, 2.24) is 14.8 Å². The third-order valence-electron chi connectivity index (χ3n) is 3.57. The van der Waals surface area contributed by atoms with Gasteiger partial charge in [-0.3, -0.25) is 0 Å². The summed E-state index contributed by atoms with van der Waals surface area (Å²) in [6.45, 7) is 0. The third kappa shape index (κ3) is 1.83. The summed E-state index contributed by atoms with van der Waals surface area (Å²) >= 11 is 1.27. The number of aromatic nitrogens is 3. The molecule has 2 N–H and O–H groups in total. The Kier molecular flexibility index (Phi) is 2.62. The maximum Gasteiger partial charge on any atom is 0.418 e. The molecular weight excluding hydrogens is 313 g/mol.